The van der Waals surface area contributed by atoms with Gasteiger partial charge in [0.25, 0.3) is 5.91 Å². The van der Waals surface area contributed by atoms with E-state index in [-0.39, 0.29) is 11.8 Å². The number of benzene rings is 2. The maximum Gasteiger partial charge on any atom is 0.251 e. The van der Waals surface area contributed by atoms with Crippen molar-refractivity contribution in [3.05, 3.63) is 54.1 Å². The fraction of sp³-hybridized carbons (Fsp3) is 0.222. The van der Waals surface area contributed by atoms with Crippen LogP contribution < -0.4 is 15.4 Å². The molecule has 2 aromatic carbocycles. The highest BCUT2D eigenvalue weighted by Gasteiger charge is 2.06. The SMILES string of the molecule is CCOc1ccc(SCC(=O)Nc2ccc(C(=O)NC)cc2)cc1. The molecule has 0 saturated heterocycles. The van der Waals surface area contributed by atoms with E-state index in [0.29, 0.717) is 23.6 Å². The summed E-state index contributed by atoms with van der Waals surface area (Å²) in [7, 11) is 1.58. The molecule has 126 valence electrons. The largest absolute Gasteiger partial charge is 0.494 e. The molecule has 0 aliphatic rings. The molecular weight excluding hydrogens is 324 g/mol. The number of hydrogen-bond donors (Lipinski definition) is 2. The third-order valence-electron chi connectivity index (χ3n) is 3.16. The van der Waals surface area contributed by atoms with Crippen LogP contribution in [0.4, 0.5) is 5.69 Å². The predicted octanol–water partition coefficient (Wildman–Crippen LogP) is 3.18. The molecule has 0 atom stereocenters. The number of hydrogen-bond acceptors (Lipinski definition) is 4. The van der Waals surface area contributed by atoms with Gasteiger partial charge in [0.15, 0.2) is 0 Å². The lowest BCUT2D eigenvalue weighted by atomic mass is 10.2. The van der Waals surface area contributed by atoms with E-state index in [1.807, 2.05) is 31.2 Å². The first-order chi connectivity index (χ1) is 11.6. The van der Waals surface area contributed by atoms with E-state index in [4.69, 9.17) is 4.74 Å². The van der Waals surface area contributed by atoms with Crippen LogP contribution in [0.2, 0.25) is 0 Å². The summed E-state index contributed by atoms with van der Waals surface area (Å²) in [6, 6.07) is 14.4. The number of amides is 2. The summed E-state index contributed by atoms with van der Waals surface area (Å²) in [6.45, 7) is 2.57. The van der Waals surface area contributed by atoms with Gasteiger partial charge < -0.3 is 15.4 Å². The molecule has 0 spiro atoms. The Morgan fingerprint density at radius 3 is 2.29 bits per heavy atom. The lowest BCUT2D eigenvalue weighted by Crippen LogP contribution is -2.18. The first kappa shape index (κ1) is 17.9. The Morgan fingerprint density at radius 1 is 1.04 bits per heavy atom. The van der Waals surface area contributed by atoms with Crippen molar-refractivity contribution in [2.24, 2.45) is 0 Å². The van der Waals surface area contributed by atoms with Gasteiger partial charge in [0, 0.05) is 23.2 Å². The monoisotopic (exact) mass is 344 g/mol. The fourth-order valence-corrected chi connectivity index (χ4v) is 2.69. The second-order valence-corrected chi connectivity index (χ2v) is 5.95. The standard InChI is InChI=1S/C18H20N2O3S/c1-3-23-15-8-10-16(11-9-15)24-12-17(21)20-14-6-4-13(5-7-14)18(22)19-2/h4-11H,3,12H2,1-2H3,(H,19,22)(H,20,21). The summed E-state index contributed by atoms with van der Waals surface area (Å²) in [5.74, 6) is 0.883. The molecule has 0 radical (unpaired) electrons. The molecule has 2 rings (SSSR count). The zero-order valence-corrected chi connectivity index (χ0v) is 14.5. The Kier molecular flexibility index (Phi) is 6.69. The van der Waals surface area contributed by atoms with Crippen LogP contribution in [0.5, 0.6) is 5.75 Å². The van der Waals surface area contributed by atoms with Gasteiger partial charge in [-0.1, -0.05) is 0 Å². The lowest BCUT2D eigenvalue weighted by Gasteiger charge is -2.07. The van der Waals surface area contributed by atoms with Crippen LogP contribution in [0.3, 0.4) is 0 Å². The molecule has 0 aromatic heterocycles. The van der Waals surface area contributed by atoms with Crippen molar-refractivity contribution in [1.29, 1.82) is 0 Å². The van der Waals surface area contributed by atoms with Gasteiger partial charge in [0.05, 0.1) is 12.4 Å². The highest BCUT2D eigenvalue weighted by molar-refractivity contribution is 8.00. The van der Waals surface area contributed by atoms with Crippen LogP contribution >= 0.6 is 11.8 Å². The van der Waals surface area contributed by atoms with Crippen LogP contribution in [0.15, 0.2) is 53.4 Å². The van der Waals surface area contributed by atoms with Gasteiger partial charge in [0.2, 0.25) is 5.91 Å². The summed E-state index contributed by atoms with van der Waals surface area (Å²) < 4.78 is 5.38. The van der Waals surface area contributed by atoms with Gasteiger partial charge in [0.1, 0.15) is 5.75 Å². The molecule has 2 N–H and O–H groups in total. The summed E-state index contributed by atoms with van der Waals surface area (Å²) in [5, 5.41) is 5.37. The second-order valence-electron chi connectivity index (χ2n) is 4.90. The zero-order chi connectivity index (χ0) is 17.4. The molecule has 0 unspecified atom stereocenters. The van der Waals surface area contributed by atoms with Crippen molar-refractivity contribution < 1.29 is 14.3 Å². The minimum absolute atomic E-state index is 0.0958. The van der Waals surface area contributed by atoms with Crippen LogP contribution in [0.25, 0.3) is 0 Å². The summed E-state index contributed by atoms with van der Waals surface area (Å²) in [5.41, 5.74) is 1.22. The molecular formula is C18H20N2O3S. The second kappa shape index (κ2) is 8.98. The predicted molar refractivity (Wildman–Crippen MR) is 96.8 cm³/mol. The number of nitrogens with one attached hydrogen (secondary N) is 2. The van der Waals surface area contributed by atoms with E-state index in [2.05, 4.69) is 10.6 Å². The Morgan fingerprint density at radius 2 is 1.71 bits per heavy atom. The van der Waals surface area contributed by atoms with Crippen molar-refractivity contribution in [2.45, 2.75) is 11.8 Å². The number of carbonyl (C=O) groups is 2. The van der Waals surface area contributed by atoms with Gasteiger partial charge in [-0.05, 0) is 55.5 Å². The van der Waals surface area contributed by atoms with Crippen LogP contribution in [0, 0.1) is 0 Å². The highest BCUT2D eigenvalue weighted by atomic mass is 32.2. The minimum Gasteiger partial charge on any atom is -0.494 e. The van der Waals surface area contributed by atoms with Gasteiger partial charge in [-0.2, -0.15) is 0 Å². The minimum atomic E-state index is -0.154. The van der Waals surface area contributed by atoms with Crippen molar-refractivity contribution in [3.63, 3.8) is 0 Å². The molecule has 5 nitrogen and oxygen atoms in total. The number of carbonyl (C=O) groups excluding carboxylic acids is 2. The van der Waals surface area contributed by atoms with Crippen LogP contribution in [-0.4, -0.2) is 31.2 Å². The van der Waals surface area contributed by atoms with Gasteiger partial charge in [-0.15, -0.1) is 11.8 Å². The normalized spacial score (nSPS) is 10.1. The molecule has 0 aliphatic heterocycles. The van der Waals surface area contributed by atoms with Crippen molar-refractivity contribution in [1.82, 2.24) is 5.32 Å². The molecule has 2 amide bonds. The molecule has 0 bridgehead atoms. The number of ether oxygens (including phenoxy) is 1. The van der Waals surface area contributed by atoms with E-state index in [1.165, 1.54) is 11.8 Å². The maximum absolute atomic E-state index is 12.0. The summed E-state index contributed by atoms with van der Waals surface area (Å²) in [6.07, 6.45) is 0. The molecule has 0 heterocycles. The van der Waals surface area contributed by atoms with E-state index in [1.54, 1.807) is 31.3 Å². The van der Waals surface area contributed by atoms with Crippen molar-refractivity contribution >= 4 is 29.3 Å². The first-order valence-electron chi connectivity index (χ1n) is 7.60. The number of rotatable bonds is 7. The Bertz CT molecular complexity index is 684. The van der Waals surface area contributed by atoms with Crippen LogP contribution in [-0.2, 0) is 4.79 Å². The zero-order valence-electron chi connectivity index (χ0n) is 13.7. The number of thioether (sulfide) groups is 1. The number of anilines is 1. The molecule has 2 aromatic rings. The third kappa shape index (κ3) is 5.31. The van der Waals surface area contributed by atoms with E-state index < -0.39 is 0 Å². The molecule has 0 aliphatic carbocycles. The molecule has 0 saturated carbocycles. The Labute approximate surface area is 145 Å². The van der Waals surface area contributed by atoms with Gasteiger partial charge in [-0.3, -0.25) is 9.59 Å². The third-order valence-corrected chi connectivity index (χ3v) is 4.17. The van der Waals surface area contributed by atoms with Crippen LogP contribution in [0.1, 0.15) is 17.3 Å². The lowest BCUT2D eigenvalue weighted by molar-refractivity contribution is -0.113. The van der Waals surface area contributed by atoms with E-state index in [0.717, 1.165) is 10.6 Å². The average molecular weight is 344 g/mol. The van der Waals surface area contributed by atoms with Crippen molar-refractivity contribution in [3.8, 4) is 5.75 Å². The highest BCUT2D eigenvalue weighted by Crippen LogP contribution is 2.21. The van der Waals surface area contributed by atoms with Gasteiger partial charge in [-0.25, -0.2) is 0 Å². The topological polar surface area (TPSA) is 67.4 Å². The smallest absolute Gasteiger partial charge is 0.251 e. The molecule has 0 fully saturated rings. The molecule has 6 heteroatoms. The van der Waals surface area contributed by atoms with E-state index >= 15 is 0 Å². The van der Waals surface area contributed by atoms with E-state index in [9.17, 15) is 9.59 Å². The Balaban J connectivity index is 1.83. The average Bonchev–Trinajstić information content (AvgIpc) is 2.61. The van der Waals surface area contributed by atoms with Crippen molar-refractivity contribution in [2.75, 3.05) is 24.7 Å². The van der Waals surface area contributed by atoms with Gasteiger partial charge >= 0.3 is 0 Å². The quantitative estimate of drug-likeness (QED) is 0.757. The maximum atomic E-state index is 12.0. The Hall–Kier alpha value is -2.47. The fourth-order valence-electron chi connectivity index (χ4n) is 1.99. The first-order valence-corrected chi connectivity index (χ1v) is 8.58. The summed E-state index contributed by atoms with van der Waals surface area (Å²) in [4.78, 5) is 24.5. The molecule has 24 heavy (non-hydrogen) atoms. The summed E-state index contributed by atoms with van der Waals surface area (Å²) >= 11 is 1.45.